The quantitative estimate of drug-likeness (QED) is 0.524. The second kappa shape index (κ2) is 5.61. The molecule has 0 saturated carbocycles. The molecule has 1 aliphatic rings. The first-order chi connectivity index (χ1) is 11.4. The van der Waals surface area contributed by atoms with Crippen LogP contribution in [0.25, 0.3) is 16.9 Å². The Kier molecular flexibility index (Phi) is 3.81. The number of rotatable bonds is 1. The van der Waals surface area contributed by atoms with Gasteiger partial charge in [0.2, 0.25) is 5.65 Å². The third-order valence-corrected chi connectivity index (χ3v) is 4.39. The summed E-state index contributed by atoms with van der Waals surface area (Å²) in [6.45, 7) is 1.87. The highest BCUT2D eigenvalue weighted by Crippen LogP contribution is 2.45. The number of aromatic nitrogens is 3. The fourth-order valence-corrected chi connectivity index (χ4v) is 3.30. The van der Waals surface area contributed by atoms with Gasteiger partial charge in [0.05, 0.1) is 16.9 Å². The molecule has 4 rings (SSSR count). The Morgan fingerprint density at radius 2 is 2.16 bits per heavy atom. The number of carbonyl (C=O) groups excluding carboxylic acids is 1. The molecule has 0 spiro atoms. The molecule has 25 heavy (non-hydrogen) atoms. The summed E-state index contributed by atoms with van der Waals surface area (Å²) in [5.74, 6) is 0. The second-order valence-corrected chi connectivity index (χ2v) is 5.97. The monoisotopic (exact) mass is 360 g/mol. The van der Waals surface area contributed by atoms with Gasteiger partial charge in [-0.2, -0.15) is 0 Å². The summed E-state index contributed by atoms with van der Waals surface area (Å²) in [6.07, 6.45) is 3.30. The van der Waals surface area contributed by atoms with Gasteiger partial charge in [-0.3, -0.25) is 9.20 Å². The van der Waals surface area contributed by atoms with Crippen molar-refractivity contribution in [3.05, 3.63) is 52.2 Å². The van der Waals surface area contributed by atoms with Crippen molar-refractivity contribution in [2.75, 3.05) is 12.4 Å². The Balaban J connectivity index is 0.00000182. The van der Waals surface area contributed by atoms with Crippen molar-refractivity contribution >= 4 is 29.8 Å². The minimum Gasteiger partial charge on any atom is -0.341 e. The van der Waals surface area contributed by atoms with E-state index in [9.17, 15) is 9.59 Å². The van der Waals surface area contributed by atoms with E-state index < -0.39 is 5.54 Å². The molecule has 1 aromatic carbocycles. The van der Waals surface area contributed by atoms with Crippen LogP contribution < -0.4 is 21.9 Å². The molecule has 0 fully saturated rings. The van der Waals surface area contributed by atoms with Gasteiger partial charge in [-0.15, -0.1) is 12.4 Å². The first-order valence-corrected chi connectivity index (χ1v) is 7.46. The standard InChI is InChI=1S/C16H16N6O2.ClH/c1-16(17)10-7-8(20-15(24)18-2)3-4-9(10)11-12(16)22-6-5-19-13(22)14(23)21-11;/h3-7H,17H2,1-2H3,(H,21,23)(H2,18,20,24);1H. The highest BCUT2D eigenvalue weighted by atomic mass is 35.5. The zero-order valence-corrected chi connectivity index (χ0v) is 14.4. The average molecular weight is 361 g/mol. The number of imidazole rings is 1. The number of nitrogens with zero attached hydrogens (tertiary/aromatic N) is 2. The number of urea groups is 1. The topological polar surface area (TPSA) is 117 Å². The molecule has 1 atom stereocenters. The van der Waals surface area contributed by atoms with E-state index in [1.165, 1.54) is 0 Å². The van der Waals surface area contributed by atoms with Crippen molar-refractivity contribution in [3.8, 4) is 11.3 Å². The molecule has 9 heteroatoms. The number of nitrogens with two attached hydrogens (primary N) is 1. The lowest BCUT2D eigenvalue weighted by Gasteiger charge is -2.22. The van der Waals surface area contributed by atoms with Gasteiger partial charge in [0.15, 0.2) is 0 Å². The number of anilines is 1. The van der Waals surface area contributed by atoms with Crippen LogP contribution in [0.3, 0.4) is 0 Å². The number of fused-ring (bicyclic) bond motifs is 5. The van der Waals surface area contributed by atoms with Crippen molar-refractivity contribution in [3.63, 3.8) is 0 Å². The van der Waals surface area contributed by atoms with Gasteiger partial charge in [0.25, 0.3) is 5.56 Å². The van der Waals surface area contributed by atoms with Crippen LogP contribution in [-0.2, 0) is 5.54 Å². The van der Waals surface area contributed by atoms with Crippen LogP contribution in [0.1, 0.15) is 18.2 Å². The molecule has 1 aliphatic carbocycles. The van der Waals surface area contributed by atoms with E-state index in [2.05, 4.69) is 20.6 Å². The smallest absolute Gasteiger partial charge is 0.318 e. The highest BCUT2D eigenvalue weighted by molar-refractivity contribution is 5.90. The van der Waals surface area contributed by atoms with Crippen LogP contribution in [0.2, 0.25) is 0 Å². The largest absolute Gasteiger partial charge is 0.341 e. The SMILES string of the molecule is CNC(=O)Nc1ccc2c(c1)C(C)(N)c1c-2[nH]c(=O)c2nccn12.Cl. The van der Waals surface area contributed by atoms with Crippen molar-refractivity contribution in [2.45, 2.75) is 12.5 Å². The molecular formula is C16H17ClN6O2. The van der Waals surface area contributed by atoms with E-state index in [-0.39, 0.29) is 24.0 Å². The van der Waals surface area contributed by atoms with Crippen LogP contribution in [0.4, 0.5) is 10.5 Å². The van der Waals surface area contributed by atoms with E-state index in [4.69, 9.17) is 5.73 Å². The molecule has 3 aromatic rings. The van der Waals surface area contributed by atoms with Gasteiger partial charge in [0.1, 0.15) is 0 Å². The number of H-pyrrole nitrogens is 1. The number of hydrogen-bond donors (Lipinski definition) is 4. The Labute approximate surface area is 148 Å². The van der Waals surface area contributed by atoms with Gasteiger partial charge in [-0.05, 0) is 24.6 Å². The summed E-state index contributed by atoms with van der Waals surface area (Å²) in [4.78, 5) is 30.7. The van der Waals surface area contributed by atoms with Crippen molar-refractivity contribution in [1.82, 2.24) is 19.7 Å². The minimum absolute atomic E-state index is 0. The van der Waals surface area contributed by atoms with Crippen LogP contribution in [0.5, 0.6) is 0 Å². The van der Waals surface area contributed by atoms with Gasteiger partial charge < -0.3 is 21.4 Å². The molecular weight excluding hydrogens is 344 g/mol. The number of hydrogen-bond acceptors (Lipinski definition) is 4. The second-order valence-electron chi connectivity index (χ2n) is 5.97. The van der Waals surface area contributed by atoms with Crippen LogP contribution in [0, 0.1) is 0 Å². The predicted molar refractivity (Wildman–Crippen MR) is 97.2 cm³/mol. The molecule has 2 heterocycles. The third-order valence-electron chi connectivity index (χ3n) is 4.39. The first-order valence-electron chi connectivity index (χ1n) is 7.46. The van der Waals surface area contributed by atoms with Crippen LogP contribution in [0.15, 0.2) is 35.4 Å². The number of aromatic amines is 1. The van der Waals surface area contributed by atoms with Crippen LogP contribution >= 0.6 is 12.4 Å². The lowest BCUT2D eigenvalue weighted by atomic mass is 9.93. The fourth-order valence-electron chi connectivity index (χ4n) is 3.30. The molecule has 0 aliphatic heterocycles. The summed E-state index contributed by atoms with van der Waals surface area (Å²) in [5, 5.41) is 5.24. The van der Waals surface area contributed by atoms with Crippen molar-refractivity contribution in [2.24, 2.45) is 5.73 Å². The Hall–Kier alpha value is -2.84. The first kappa shape index (κ1) is 17.0. The predicted octanol–water partition coefficient (Wildman–Crippen LogP) is 1.40. The normalized spacial score (nSPS) is 17.6. The number of nitrogens with one attached hydrogen (secondary N) is 3. The van der Waals surface area contributed by atoms with Crippen molar-refractivity contribution < 1.29 is 4.79 Å². The van der Waals surface area contributed by atoms with E-state index in [1.54, 1.807) is 29.9 Å². The number of carbonyl (C=O) groups is 1. The molecule has 0 saturated heterocycles. The van der Waals surface area contributed by atoms with Crippen molar-refractivity contribution in [1.29, 1.82) is 0 Å². The average Bonchev–Trinajstić information content (AvgIpc) is 3.10. The summed E-state index contributed by atoms with van der Waals surface area (Å²) < 4.78 is 1.72. The molecule has 0 radical (unpaired) electrons. The molecule has 8 nitrogen and oxygen atoms in total. The van der Waals surface area contributed by atoms with E-state index in [0.29, 0.717) is 17.0 Å². The Bertz CT molecular complexity index is 1050. The van der Waals surface area contributed by atoms with Gasteiger partial charge in [-0.1, -0.05) is 6.07 Å². The van der Waals surface area contributed by atoms with Crippen LogP contribution in [-0.4, -0.2) is 27.4 Å². The summed E-state index contributed by atoms with van der Waals surface area (Å²) in [5.41, 5.74) is 9.54. The zero-order chi connectivity index (χ0) is 17.1. The van der Waals surface area contributed by atoms with Gasteiger partial charge >= 0.3 is 6.03 Å². The lowest BCUT2D eigenvalue weighted by molar-refractivity contribution is 0.254. The molecule has 0 bridgehead atoms. The zero-order valence-electron chi connectivity index (χ0n) is 13.6. The Morgan fingerprint density at radius 3 is 2.88 bits per heavy atom. The van der Waals surface area contributed by atoms with E-state index in [1.807, 2.05) is 19.1 Å². The maximum Gasteiger partial charge on any atom is 0.318 e. The van der Waals surface area contributed by atoms with E-state index in [0.717, 1.165) is 16.8 Å². The third kappa shape index (κ3) is 2.30. The number of benzene rings is 1. The highest BCUT2D eigenvalue weighted by Gasteiger charge is 2.39. The summed E-state index contributed by atoms with van der Waals surface area (Å²) in [6, 6.07) is 5.13. The molecule has 1 unspecified atom stereocenters. The number of halogens is 1. The molecule has 5 N–H and O–H groups in total. The molecule has 2 aromatic heterocycles. The lowest BCUT2D eigenvalue weighted by Crippen LogP contribution is -2.35. The molecule has 2 amide bonds. The Morgan fingerprint density at radius 1 is 1.40 bits per heavy atom. The van der Waals surface area contributed by atoms with Gasteiger partial charge in [0, 0.05) is 30.7 Å². The van der Waals surface area contributed by atoms with E-state index >= 15 is 0 Å². The summed E-state index contributed by atoms with van der Waals surface area (Å²) in [7, 11) is 1.55. The number of amides is 2. The fraction of sp³-hybridized carbons (Fsp3) is 0.188. The molecule has 130 valence electrons. The summed E-state index contributed by atoms with van der Waals surface area (Å²) >= 11 is 0. The maximum absolute atomic E-state index is 12.2. The minimum atomic E-state index is -0.839. The van der Waals surface area contributed by atoms with Gasteiger partial charge in [-0.25, -0.2) is 9.78 Å². The maximum atomic E-state index is 12.2.